The van der Waals surface area contributed by atoms with Crippen molar-refractivity contribution in [2.24, 2.45) is 0 Å². The Kier molecular flexibility index (Phi) is 2.41. The largest absolute Gasteiger partial charge is 0.437 e. The second kappa shape index (κ2) is 4.00. The number of likely N-dealkylation sites (tertiary alicyclic amines) is 1. The van der Waals surface area contributed by atoms with E-state index in [0.29, 0.717) is 19.6 Å². The monoisotopic (exact) mass is 286 g/mol. The van der Waals surface area contributed by atoms with Gasteiger partial charge in [0.15, 0.2) is 5.60 Å². The first-order chi connectivity index (χ1) is 10.0. The SMILES string of the molecule is Cc1ccccc1C1(C(=O)N2CC3(CNC(=O)O3)C2)CC1. The zero-order valence-electron chi connectivity index (χ0n) is 12.0. The van der Waals surface area contributed by atoms with Crippen LogP contribution in [0.15, 0.2) is 24.3 Å². The molecule has 5 heteroatoms. The summed E-state index contributed by atoms with van der Waals surface area (Å²) in [5.41, 5.74) is 1.52. The fraction of sp³-hybridized carbons (Fsp3) is 0.500. The van der Waals surface area contributed by atoms with Crippen LogP contribution in [0.1, 0.15) is 24.0 Å². The van der Waals surface area contributed by atoms with Crippen LogP contribution in [-0.4, -0.2) is 42.1 Å². The highest BCUT2D eigenvalue weighted by Gasteiger charge is 2.59. The normalized spacial score (nSPS) is 24.2. The van der Waals surface area contributed by atoms with E-state index in [1.54, 1.807) is 0 Å². The molecule has 1 N–H and O–H groups in total. The fourth-order valence-electron chi connectivity index (χ4n) is 3.61. The van der Waals surface area contributed by atoms with Crippen LogP contribution in [0.4, 0.5) is 4.79 Å². The first-order valence-corrected chi connectivity index (χ1v) is 7.37. The van der Waals surface area contributed by atoms with Crippen molar-refractivity contribution in [1.29, 1.82) is 0 Å². The minimum absolute atomic E-state index is 0.186. The predicted octanol–water partition coefficient (Wildman–Crippen LogP) is 1.35. The van der Waals surface area contributed by atoms with Crippen LogP contribution in [0.25, 0.3) is 0 Å². The van der Waals surface area contributed by atoms with Crippen molar-refractivity contribution in [3.63, 3.8) is 0 Å². The molecule has 1 aromatic rings. The molecule has 0 unspecified atom stereocenters. The summed E-state index contributed by atoms with van der Waals surface area (Å²) in [6.45, 7) is 3.59. The molecule has 0 atom stereocenters. The number of aryl methyl sites for hydroxylation is 1. The van der Waals surface area contributed by atoms with Gasteiger partial charge in [-0.1, -0.05) is 24.3 Å². The van der Waals surface area contributed by atoms with Gasteiger partial charge >= 0.3 is 6.09 Å². The number of benzene rings is 1. The second-order valence-corrected chi connectivity index (χ2v) is 6.48. The molecule has 1 aliphatic carbocycles. The van der Waals surface area contributed by atoms with E-state index in [1.807, 2.05) is 17.0 Å². The van der Waals surface area contributed by atoms with Crippen LogP contribution in [-0.2, 0) is 14.9 Å². The molecule has 1 saturated carbocycles. The molecule has 0 bridgehead atoms. The Morgan fingerprint density at radius 1 is 1.29 bits per heavy atom. The lowest BCUT2D eigenvalue weighted by Crippen LogP contribution is -2.66. The topological polar surface area (TPSA) is 58.6 Å². The van der Waals surface area contributed by atoms with E-state index in [2.05, 4.69) is 24.4 Å². The van der Waals surface area contributed by atoms with Gasteiger partial charge in [0.05, 0.1) is 25.0 Å². The lowest BCUT2D eigenvalue weighted by Gasteiger charge is -2.46. The van der Waals surface area contributed by atoms with Crippen molar-refractivity contribution >= 4 is 12.0 Å². The lowest BCUT2D eigenvalue weighted by atomic mass is 9.86. The van der Waals surface area contributed by atoms with E-state index in [0.717, 1.165) is 18.4 Å². The summed E-state index contributed by atoms with van der Waals surface area (Å²) in [6.07, 6.45) is 1.46. The van der Waals surface area contributed by atoms with Gasteiger partial charge in [-0.05, 0) is 30.9 Å². The van der Waals surface area contributed by atoms with Crippen molar-refractivity contribution in [3.05, 3.63) is 35.4 Å². The fourth-order valence-corrected chi connectivity index (χ4v) is 3.61. The maximum absolute atomic E-state index is 12.8. The first-order valence-electron chi connectivity index (χ1n) is 7.37. The van der Waals surface area contributed by atoms with Gasteiger partial charge in [-0.2, -0.15) is 0 Å². The molecule has 3 fully saturated rings. The molecule has 2 heterocycles. The van der Waals surface area contributed by atoms with E-state index >= 15 is 0 Å². The standard InChI is InChI=1S/C16H18N2O3/c1-11-4-2-3-5-12(11)16(6-7-16)13(19)18-9-15(10-18)8-17-14(20)21-15/h2-5H,6-10H2,1H3,(H,17,20). The van der Waals surface area contributed by atoms with Gasteiger partial charge in [0.25, 0.3) is 0 Å². The summed E-state index contributed by atoms with van der Waals surface area (Å²) in [7, 11) is 0. The number of amides is 2. The van der Waals surface area contributed by atoms with Gasteiger partial charge in [0.1, 0.15) is 0 Å². The Bertz CT molecular complexity index is 630. The van der Waals surface area contributed by atoms with Gasteiger partial charge < -0.3 is 15.0 Å². The molecule has 2 amide bonds. The Hall–Kier alpha value is -2.04. The third kappa shape index (κ3) is 1.76. The van der Waals surface area contributed by atoms with E-state index in [4.69, 9.17) is 4.74 Å². The molecular weight excluding hydrogens is 268 g/mol. The predicted molar refractivity (Wildman–Crippen MR) is 75.9 cm³/mol. The van der Waals surface area contributed by atoms with E-state index in [-0.39, 0.29) is 17.4 Å². The number of alkyl carbamates (subject to hydrolysis) is 1. The maximum Gasteiger partial charge on any atom is 0.408 e. The minimum atomic E-state index is -0.478. The zero-order valence-corrected chi connectivity index (χ0v) is 12.0. The Morgan fingerprint density at radius 3 is 2.57 bits per heavy atom. The molecule has 1 aromatic carbocycles. The van der Waals surface area contributed by atoms with Crippen molar-refractivity contribution in [3.8, 4) is 0 Å². The summed E-state index contributed by atoms with van der Waals surface area (Å²) >= 11 is 0. The highest BCUT2D eigenvalue weighted by Crippen LogP contribution is 2.51. The molecule has 2 saturated heterocycles. The maximum atomic E-state index is 12.8. The van der Waals surface area contributed by atoms with Crippen molar-refractivity contribution in [2.75, 3.05) is 19.6 Å². The molecule has 5 nitrogen and oxygen atoms in total. The zero-order chi connectivity index (χ0) is 14.7. The van der Waals surface area contributed by atoms with Gasteiger partial charge in [-0.3, -0.25) is 4.79 Å². The smallest absolute Gasteiger partial charge is 0.408 e. The highest BCUT2D eigenvalue weighted by atomic mass is 16.6. The summed E-state index contributed by atoms with van der Waals surface area (Å²) < 4.78 is 5.28. The molecule has 110 valence electrons. The Labute approximate surface area is 123 Å². The molecule has 1 spiro atoms. The number of rotatable bonds is 2. The molecule has 3 aliphatic rings. The van der Waals surface area contributed by atoms with Crippen LogP contribution in [0, 0.1) is 6.92 Å². The molecule has 21 heavy (non-hydrogen) atoms. The quantitative estimate of drug-likeness (QED) is 0.892. The highest BCUT2D eigenvalue weighted by molar-refractivity contribution is 5.92. The van der Waals surface area contributed by atoms with Crippen molar-refractivity contribution < 1.29 is 14.3 Å². The first kappa shape index (κ1) is 12.7. The Morgan fingerprint density at radius 2 is 2.00 bits per heavy atom. The summed E-state index contributed by atoms with van der Waals surface area (Å²) in [5.74, 6) is 0.186. The average molecular weight is 286 g/mol. The lowest BCUT2D eigenvalue weighted by molar-refractivity contribution is -0.152. The molecule has 4 rings (SSSR count). The van der Waals surface area contributed by atoms with Gasteiger partial charge in [-0.15, -0.1) is 0 Å². The molecule has 2 aliphatic heterocycles. The van der Waals surface area contributed by atoms with E-state index in [9.17, 15) is 9.59 Å². The third-order valence-electron chi connectivity index (χ3n) is 4.93. The van der Waals surface area contributed by atoms with Crippen LogP contribution in [0.3, 0.4) is 0 Å². The molecular formula is C16H18N2O3. The average Bonchev–Trinajstić information content (AvgIpc) is 3.14. The van der Waals surface area contributed by atoms with E-state index in [1.165, 1.54) is 5.56 Å². The molecule has 0 aromatic heterocycles. The van der Waals surface area contributed by atoms with Crippen LogP contribution in [0.5, 0.6) is 0 Å². The summed E-state index contributed by atoms with van der Waals surface area (Å²) in [5, 5.41) is 2.67. The van der Waals surface area contributed by atoms with Crippen LogP contribution in [0.2, 0.25) is 0 Å². The van der Waals surface area contributed by atoms with Crippen LogP contribution >= 0.6 is 0 Å². The van der Waals surface area contributed by atoms with Crippen LogP contribution < -0.4 is 5.32 Å². The summed E-state index contributed by atoms with van der Waals surface area (Å²) in [6, 6.07) is 8.12. The number of ether oxygens (including phenoxy) is 1. The van der Waals surface area contributed by atoms with Gasteiger partial charge in [0.2, 0.25) is 5.91 Å². The number of carbonyl (C=O) groups is 2. The number of nitrogens with zero attached hydrogens (tertiary/aromatic N) is 1. The number of nitrogens with one attached hydrogen (secondary N) is 1. The second-order valence-electron chi connectivity index (χ2n) is 6.48. The Balaban J connectivity index is 1.52. The molecule has 0 radical (unpaired) electrons. The number of hydrogen-bond donors (Lipinski definition) is 1. The van der Waals surface area contributed by atoms with Crippen molar-refractivity contribution in [1.82, 2.24) is 10.2 Å². The van der Waals surface area contributed by atoms with Gasteiger partial charge in [-0.25, -0.2) is 4.79 Å². The van der Waals surface area contributed by atoms with Crippen molar-refractivity contribution in [2.45, 2.75) is 30.8 Å². The number of carbonyl (C=O) groups excluding carboxylic acids is 2. The van der Waals surface area contributed by atoms with Gasteiger partial charge in [0, 0.05) is 0 Å². The third-order valence-corrected chi connectivity index (χ3v) is 4.93. The number of hydrogen-bond acceptors (Lipinski definition) is 3. The minimum Gasteiger partial charge on any atom is -0.437 e. The summed E-state index contributed by atoms with van der Waals surface area (Å²) in [4.78, 5) is 25.8. The van der Waals surface area contributed by atoms with E-state index < -0.39 is 5.60 Å².